The number of carbonyl (C=O) groups is 1. The molecular weight excluding hydrogens is 236 g/mol. The minimum Gasteiger partial charge on any atom is -0.480 e. The molecular formula is C10H14N6O2. The Labute approximate surface area is 103 Å². The summed E-state index contributed by atoms with van der Waals surface area (Å²) in [5.74, 6) is -0.422. The van der Waals surface area contributed by atoms with E-state index in [1.54, 1.807) is 0 Å². The van der Waals surface area contributed by atoms with E-state index >= 15 is 0 Å². The van der Waals surface area contributed by atoms with Crippen molar-refractivity contribution >= 4 is 17.4 Å². The van der Waals surface area contributed by atoms with Crippen LogP contribution in [0, 0.1) is 0 Å². The lowest BCUT2D eigenvalue weighted by molar-refractivity contribution is -0.138. The van der Waals surface area contributed by atoms with Crippen LogP contribution < -0.4 is 5.32 Å². The highest BCUT2D eigenvalue weighted by Crippen LogP contribution is 2.11. The Morgan fingerprint density at radius 3 is 3.11 bits per heavy atom. The Balaban J connectivity index is 2.20. The van der Waals surface area contributed by atoms with Gasteiger partial charge in [0.25, 0.3) is 0 Å². The molecule has 8 nitrogen and oxygen atoms in total. The smallest absolute Gasteiger partial charge is 0.326 e. The van der Waals surface area contributed by atoms with Crippen LogP contribution in [0.1, 0.15) is 26.2 Å². The monoisotopic (exact) mass is 250 g/mol. The van der Waals surface area contributed by atoms with E-state index in [0.717, 1.165) is 12.8 Å². The third kappa shape index (κ3) is 2.53. The molecule has 2 N–H and O–H groups in total. The molecule has 0 amide bonds. The van der Waals surface area contributed by atoms with Gasteiger partial charge in [-0.05, 0) is 16.8 Å². The number of unbranched alkanes of at least 4 members (excludes halogenated alkanes) is 1. The molecule has 2 rings (SSSR count). The number of hydrogen-bond donors (Lipinski definition) is 2. The second-order valence-corrected chi connectivity index (χ2v) is 3.92. The van der Waals surface area contributed by atoms with Crippen molar-refractivity contribution in [3.63, 3.8) is 0 Å². The van der Waals surface area contributed by atoms with Gasteiger partial charge in [-0.1, -0.05) is 19.8 Å². The normalized spacial score (nSPS) is 12.5. The molecule has 0 fully saturated rings. The van der Waals surface area contributed by atoms with Crippen molar-refractivity contribution in [1.29, 1.82) is 0 Å². The average Bonchev–Trinajstić information content (AvgIpc) is 2.83. The molecule has 2 heterocycles. The number of anilines is 1. The van der Waals surface area contributed by atoms with Crippen molar-refractivity contribution < 1.29 is 9.90 Å². The zero-order valence-electron chi connectivity index (χ0n) is 9.94. The zero-order chi connectivity index (χ0) is 13.0. The highest BCUT2D eigenvalue weighted by Gasteiger charge is 2.18. The molecule has 0 radical (unpaired) electrons. The van der Waals surface area contributed by atoms with E-state index in [9.17, 15) is 4.79 Å². The highest BCUT2D eigenvalue weighted by molar-refractivity contribution is 5.76. The molecule has 1 atom stereocenters. The average molecular weight is 250 g/mol. The topological polar surface area (TPSA) is 105 Å². The van der Waals surface area contributed by atoms with E-state index < -0.39 is 12.0 Å². The molecule has 8 heteroatoms. The van der Waals surface area contributed by atoms with Crippen LogP contribution in [0.25, 0.3) is 5.65 Å². The van der Waals surface area contributed by atoms with Crippen molar-refractivity contribution in [2.75, 3.05) is 5.32 Å². The van der Waals surface area contributed by atoms with Crippen LogP contribution in [0.3, 0.4) is 0 Å². The summed E-state index contributed by atoms with van der Waals surface area (Å²) in [7, 11) is 0. The van der Waals surface area contributed by atoms with Crippen LogP contribution in [-0.2, 0) is 4.79 Å². The highest BCUT2D eigenvalue weighted by atomic mass is 16.4. The van der Waals surface area contributed by atoms with Crippen molar-refractivity contribution in [2.24, 2.45) is 0 Å². The molecule has 0 spiro atoms. The van der Waals surface area contributed by atoms with Gasteiger partial charge in [-0.25, -0.2) is 4.79 Å². The minimum atomic E-state index is -0.895. The Morgan fingerprint density at radius 2 is 2.39 bits per heavy atom. The van der Waals surface area contributed by atoms with E-state index in [1.165, 1.54) is 16.9 Å². The Morgan fingerprint density at radius 1 is 1.56 bits per heavy atom. The molecule has 96 valence electrons. The fourth-order valence-corrected chi connectivity index (χ4v) is 1.62. The fourth-order valence-electron chi connectivity index (χ4n) is 1.62. The quantitative estimate of drug-likeness (QED) is 0.772. The van der Waals surface area contributed by atoms with Crippen molar-refractivity contribution in [1.82, 2.24) is 25.0 Å². The van der Waals surface area contributed by atoms with Gasteiger partial charge in [0, 0.05) is 0 Å². The number of nitrogens with one attached hydrogen (secondary N) is 1. The maximum Gasteiger partial charge on any atom is 0.326 e. The Hall–Kier alpha value is -2.25. The lowest BCUT2D eigenvalue weighted by Crippen LogP contribution is -2.30. The molecule has 0 saturated heterocycles. The number of tetrazole rings is 1. The number of aliphatic carboxylic acids is 1. The number of rotatable bonds is 6. The molecule has 0 aromatic carbocycles. The number of fused-ring (bicyclic) bond motifs is 1. The van der Waals surface area contributed by atoms with Gasteiger partial charge < -0.3 is 10.4 Å². The van der Waals surface area contributed by atoms with Crippen LogP contribution in [0.4, 0.5) is 5.82 Å². The van der Waals surface area contributed by atoms with Crippen molar-refractivity contribution in [3.8, 4) is 0 Å². The summed E-state index contributed by atoms with van der Waals surface area (Å²) in [6, 6.07) is -0.665. The molecule has 0 aliphatic carbocycles. The van der Waals surface area contributed by atoms with Gasteiger partial charge in [0.2, 0.25) is 0 Å². The molecule has 0 aliphatic rings. The molecule has 0 aliphatic heterocycles. The standard InChI is InChI=1S/C10H14N6O2/c1-2-3-4-7(10(17)18)12-8-5-11-6-9-13-14-15-16(8)9/h5-7,12H,2-4H2,1H3,(H,17,18). The van der Waals surface area contributed by atoms with Gasteiger partial charge in [-0.3, -0.25) is 4.98 Å². The third-order valence-corrected chi connectivity index (χ3v) is 2.58. The molecule has 0 saturated carbocycles. The van der Waals surface area contributed by atoms with Gasteiger partial charge in [0.15, 0.2) is 11.5 Å². The summed E-state index contributed by atoms with van der Waals surface area (Å²) in [5.41, 5.74) is 0.472. The second-order valence-electron chi connectivity index (χ2n) is 3.92. The summed E-state index contributed by atoms with van der Waals surface area (Å²) in [4.78, 5) is 15.1. The van der Waals surface area contributed by atoms with Gasteiger partial charge in [0.05, 0.1) is 12.4 Å². The maximum absolute atomic E-state index is 11.1. The number of hydrogen-bond acceptors (Lipinski definition) is 6. The first-order valence-corrected chi connectivity index (χ1v) is 5.74. The first-order chi connectivity index (χ1) is 8.72. The third-order valence-electron chi connectivity index (χ3n) is 2.58. The van der Waals surface area contributed by atoms with E-state index in [-0.39, 0.29) is 0 Å². The van der Waals surface area contributed by atoms with E-state index in [2.05, 4.69) is 25.8 Å². The maximum atomic E-state index is 11.1. The van der Waals surface area contributed by atoms with Gasteiger partial charge in [0.1, 0.15) is 6.04 Å². The summed E-state index contributed by atoms with van der Waals surface area (Å²) < 4.78 is 1.43. The van der Waals surface area contributed by atoms with Crippen LogP contribution in [0.15, 0.2) is 12.4 Å². The summed E-state index contributed by atoms with van der Waals surface area (Å²) in [5, 5.41) is 23.1. The molecule has 2 aromatic heterocycles. The number of carboxylic acid groups (broad SMARTS) is 1. The minimum absolute atomic E-state index is 0.472. The van der Waals surface area contributed by atoms with Gasteiger partial charge in [-0.2, -0.15) is 4.52 Å². The first kappa shape index (κ1) is 12.2. The van der Waals surface area contributed by atoms with Crippen molar-refractivity contribution in [3.05, 3.63) is 12.4 Å². The summed E-state index contributed by atoms with van der Waals surface area (Å²) >= 11 is 0. The van der Waals surface area contributed by atoms with Crippen molar-refractivity contribution in [2.45, 2.75) is 32.2 Å². The lowest BCUT2D eigenvalue weighted by atomic mass is 10.1. The predicted molar refractivity (Wildman–Crippen MR) is 63.1 cm³/mol. The zero-order valence-corrected chi connectivity index (χ0v) is 9.94. The molecule has 0 bridgehead atoms. The van der Waals surface area contributed by atoms with Crippen LogP contribution in [0.5, 0.6) is 0 Å². The predicted octanol–water partition coefficient (Wildman–Crippen LogP) is 0.575. The Kier molecular flexibility index (Phi) is 3.66. The molecule has 2 aromatic rings. The number of carboxylic acids is 1. The summed E-state index contributed by atoms with van der Waals surface area (Å²) in [6.45, 7) is 2.02. The van der Waals surface area contributed by atoms with Gasteiger partial charge >= 0.3 is 5.97 Å². The van der Waals surface area contributed by atoms with Crippen LogP contribution in [-0.4, -0.2) is 42.1 Å². The van der Waals surface area contributed by atoms with Gasteiger partial charge in [-0.15, -0.1) is 5.10 Å². The van der Waals surface area contributed by atoms with E-state index in [4.69, 9.17) is 5.11 Å². The van der Waals surface area contributed by atoms with Crippen LogP contribution in [0.2, 0.25) is 0 Å². The fraction of sp³-hybridized carbons (Fsp3) is 0.500. The Bertz CT molecular complexity index is 540. The molecule has 18 heavy (non-hydrogen) atoms. The second kappa shape index (κ2) is 5.39. The largest absolute Gasteiger partial charge is 0.480 e. The molecule has 1 unspecified atom stereocenters. The van der Waals surface area contributed by atoms with Crippen LogP contribution >= 0.6 is 0 Å². The first-order valence-electron chi connectivity index (χ1n) is 5.74. The summed E-state index contributed by atoms with van der Waals surface area (Å²) in [6.07, 6.45) is 5.34. The van der Waals surface area contributed by atoms with E-state index in [1.807, 2.05) is 6.92 Å². The van der Waals surface area contributed by atoms with E-state index in [0.29, 0.717) is 17.9 Å². The number of nitrogens with zero attached hydrogens (tertiary/aromatic N) is 5. The number of aromatic nitrogens is 5. The lowest BCUT2D eigenvalue weighted by Gasteiger charge is -2.15. The SMILES string of the molecule is CCCCC(Nc1cncc2nnnn12)C(=O)O.